The van der Waals surface area contributed by atoms with Crippen LogP contribution < -0.4 is 15.2 Å². The maximum absolute atomic E-state index is 6.32. The van der Waals surface area contributed by atoms with Gasteiger partial charge in [-0.25, -0.2) is 0 Å². The van der Waals surface area contributed by atoms with Gasteiger partial charge in [-0.05, 0) is 44.0 Å². The number of nitrogens with zero attached hydrogens (tertiary/aromatic N) is 1. The summed E-state index contributed by atoms with van der Waals surface area (Å²) in [5.74, 6) is 2.31. The van der Waals surface area contributed by atoms with Crippen LogP contribution in [-0.4, -0.2) is 31.3 Å². The van der Waals surface area contributed by atoms with Gasteiger partial charge in [0.1, 0.15) is 0 Å². The van der Waals surface area contributed by atoms with Crippen molar-refractivity contribution in [3.8, 4) is 11.5 Å². The van der Waals surface area contributed by atoms with Crippen molar-refractivity contribution in [2.45, 2.75) is 39.3 Å². The summed E-state index contributed by atoms with van der Waals surface area (Å²) in [6, 6.07) is 6.49. The van der Waals surface area contributed by atoms with Crippen LogP contribution in [0.1, 0.15) is 38.8 Å². The molecule has 0 aliphatic carbocycles. The Morgan fingerprint density at radius 1 is 1.20 bits per heavy atom. The Kier molecular flexibility index (Phi) is 4.89. The normalized spacial score (nSPS) is 16.8. The largest absolute Gasteiger partial charge is 0.454 e. The minimum atomic E-state index is -0.0101. The van der Waals surface area contributed by atoms with E-state index in [0.29, 0.717) is 18.8 Å². The fourth-order valence-corrected chi connectivity index (χ4v) is 2.60. The SMILES string of the molecule is CC(C)CC(C)N(C)CC(N)c1ccc2c(c1)OCO2. The van der Waals surface area contributed by atoms with Crippen molar-refractivity contribution in [1.82, 2.24) is 4.90 Å². The van der Waals surface area contributed by atoms with E-state index in [1.165, 1.54) is 6.42 Å². The maximum Gasteiger partial charge on any atom is 0.231 e. The average Bonchev–Trinajstić information content (AvgIpc) is 2.84. The Labute approximate surface area is 121 Å². The molecule has 4 heteroatoms. The van der Waals surface area contributed by atoms with Gasteiger partial charge in [-0.2, -0.15) is 0 Å². The molecular formula is C16H26N2O2. The number of ether oxygens (including phenoxy) is 2. The Morgan fingerprint density at radius 2 is 1.90 bits per heavy atom. The Morgan fingerprint density at radius 3 is 2.60 bits per heavy atom. The molecule has 2 rings (SSSR count). The van der Waals surface area contributed by atoms with Gasteiger partial charge in [0.2, 0.25) is 6.79 Å². The predicted octanol–water partition coefficient (Wildman–Crippen LogP) is 2.78. The lowest BCUT2D eigenvalue weighted by molar-refractivity contribution is 0.174. The van der Waals surface area contributed by atoms with E-state index in [1.807, 2.05) is 18.2 Å². The number of rotatable bonds is 6. The van der Waals surface area contributed by atoms with E-state index in [0.717, 1.165) is 23.6 Å². The Bertz CT molecular complexity index is 448. The molecule has 2 unspecified atom stereocenters. The van der Waals surface area contributed by atoms with Gasteiger partial charge in [0, 0.05) is 18.6 Å². The molecule has 4 nitrogen and oxygen atoms in total. The van der Waals surface area contributed by atoms with Crippen molar-refractivity contribution in [3.63, 3.8) is 0 Å². The minimum Gasteiger partial charge on any atom is -0.454 e. The number of hydrogen-bond donors (Lipinski definition) is 1. The van der Waals surface area contributed by atoms with Crippen LogP contribution in [0.25, 0.3) is 0 Å². The fraction of sp³-hybridized carbons (Fsp3) is 0.625. The van der Waals surface area contributed by atoms with E-state index < -0.39 is 0 Å². The van der Waals surface area contributed by atoms with Crippen molar-refractivity contribution in [1.29, 1.82) is 0 Å². The molecule has 0 fully saturated rings. The van der Waals surface area contributed by atoms with Crippen molar-refractivity contribution >= 4 is 0 Å². The summed E-state index contributed by atoms with van der Waals surface area (Å²) in [6.07, 6.45) is 1.18. The monoisotopic (exact) mass is 278 g/mol. The van der Waals surface area contributed by atoms with Crippen LogP contribution in [0.5, 0.6) is 11.5 Å². The first-order valence-corrected chi connectivity index (χ1v) is 7.32. The highest BCUT2D eigenvalue weighted by Crippen LogP contribution is 2.34. The molecule has 1 aliphatic heterocycles. The lowest BCUT2D eigenvalue weighted by Crippen LogP contribution is -2.36. The standard InChI is InChI=1S/C16H26N2O2/c1-11(2)7-12(3)18(4)9-14(17)13-5-6-15-16(8-13)20-10-19-15/h5-6,8,11-12,14H,7,9-10,17H2,1-4H3. The van der Waals surface area contributed by atoms with E-state index >= 15 is 0 Å². The maximum atomic E-state index is 6.32. The molecule has 1 aliphatic rings. The Hall–Kier alpha value is -1.26. The summed E-state index contributed by atoms with van der Waals surface area (Å²) >= 11 is 0. The Balaban J connectivity index is 1.95. The van der Waals surface area contributed by atoms with Gasteiger partial charge >= 0.3 is 0 Å². The van der Waals surface area contributed by atoms with Crippen LogP contribution in [-0.2, 0) is 0 Å². The molecule has 1 heterocycles. The summed E-state index contributed by atoms with van der Waals surface area (Å²) in [5.41, 5.74) is 7.42. The van der Waals surface area contributed by atoms with Gasteiger partial charge in [-0.15, -0.1) is 0 Å². The van der Waals surface area contributed by atoms with Gasteiger partial charge in [-0.1, -0.05) is 19.9 Å². The van der Waals surface area contributed by atoms with Gasteiger partial charge in [-0.3, -0.25) is 0 Å². The molecule has 0 radical (unpaired) electrons. The van der Waals surface area contributed by atoms with Crippen LogP contribution in [0.2, 0.25) is 0 Å². The van der Waals surface area contributed by atoms with E-state index in [-0.39, 0.29) is 6.04 Å². The summed E-state index contributed by atoms with van der Waals surface area (Å²) < 4.78 is 10.7. The highest BCUT2D eigenvalue weighted by atomic mass is 16.7. The van der Waals surface area contributed by atoms with E-state index in [1.54, 1.807) is 0 Å². The summed E-state index contributed by atoms with van der Waals surface area (Å²) in [7, 11) is 2.14. The quantitative estimate of drug-likeness (QED) is 0.869. The number of benzene rings is 1. The second-order valence-electron chi connectivity index (χ2n) is 6.14. The highest BCUT2D eigenvalue weighted by Gasteiger charge is 2.18. The zero-order valence-electron chi connectivity index (χ0n) is 12.9. The first-order chi connectivity index (χ1) is 9.47. The summed E-state index contributed by atoms with van der Waals surface area (Å²) in [5, 5.41) is 0. The lowest BCUT2D eigenvalue weighted by atomic mass is 10.0. The topological polar surface area (TPSA) is 47.7 Å². The van der Waals surface area contributed by atoms with Gasteiger partial charge in [0.25, 0.3) is 0 Å². The molecular weight excluding hydrogens is 252 g/mol. The van der Waals surface area contributed by atoms with Crippen LogP contribution in [0, 0.1) is 5.92 Å². The molecule has 0 amide bonds. The van der Waals surface area contributed by atoms with Gasteiger partial charge in [0.15, 0.2) is 11.5 Å². The molecule has 0 spiro atoms. The second-order valence-corrected chi connectivity index (χ2v) is 6.14. The molecule has 1 aromatic carbocycles. The van der Waals surface area contributed by atoms with Crippen LogP contribution in [0.4, 0.5) is 0 Å². The van der Waals surface area contributed by atoms with E-state index in [4.69, 9.17) is 15.2 Å². The minimum absolute atomic E-state index is 0.0101. The van der Waals surface area contributed by atoms with Crippen molar-refractivity contribution in [2.24, 2.45) is 11.7 Å². The second kappa shape index (κ2) is 6.46. The van der Waals surface area contributed by atoms with Crippen LogP contribution in [0.3, 0.4) is 0 Å². The third-order valence-corrected chi connectivity index (χ3v) is 3.87. The zero-order chi connectivity index (χ0) is 14.7. The van der Waals surface area contributed by atoms with Crippen LogP contribution >= 0.6 is 0 Å². The third kappa shape index (κ3) is 3.64. The van der Waals surface area contributed by atoms with Crippen molar-refractivity contribution in [2.75, 3.05) is 20.4 Å². The first kappa shape index (κ1) is 15.1. The van der Waals surface area contributed by atoms with Crippen molar-refractivity contribution < 1.29 is 9.47 Å². The summed E-state index contributed by atoms with van der Waals surface area (Å²) in [6.45, 7) is 7.91. The molecule has 0 aromatic heterocycles. The van der Waals surface area contributed by atoms with Crippen molar-refractivity contribution in [3.05, 3.63) is 23.8 Å². The lowest BCUT2D eigenvalue weighted by Gasteiger charge is -2.28. The molecule has 1 aromatic rings. The van der Waals surface area contributed by atoms with Gasteiger partial charge < -0.3 is 20.1 Å². The molecule has 20 heavy (non-hydrogen) atoms. The number of nitrogens with two attached hydrogens (primary N) is 1. The molecule has 2 atom stereocenters. The first-order valence-electron chi connectivity index (χ1n) is 7.32. The summed E-state index contributed by atoms with van der Waals surface area (Å²) in [4.78, 5) is 2.33. The van der Waals surface area contributed by atoms with Gasteiger partial charge in [0.05, 0.1) is 0 Å². The predicted molar refractivity (Wildman–Crippen MR) is 81.0 cm³/mol. The zero-order valence-corrected chi connectivity index (χ0v) is 12.9. The number of fused-ring (bicyclic) bond motifs is 1. The molecule has 2 N–H and O–H groups in total. The third-order valence-electron chi connectivity index (χ3n) is 3.87. The van der Waals surface area contributed by atoms with Crippen LogP contribution in [0.15, 0.2) is 18.2 Å². The smallest absolute Gasteiger partial charge is 0.231 e. The average molecular weight is 278 g/mol. The molecule has 0 saturated carbocycles. The van der Waals surface area contributed by atoms with E-state index in [9.17, 15) is 0 Å². The number of hydrogen-bond acceptors (Lipinski definition) is 4. The highest BCUT2D eigenvalue weighted by molar-refractivity contribution is 5.45. The molecule has 112 valence electrons. The molecule has 0 saturated heterocycles. The molecule has 0 bridgehead atoms. The fourth-order valence-electron chi connectivity index (χ4n) is 2.60. The number of likely N-dealkylation sites (N-methyl/N-ethyl adjacent to an activating group) is 1. The van der Waals surface area contributed by atoms with E-state index in [2.05, 4.69) is 32.7 Å².